The van der Waals surface area contributed by atoms with Crippen molar-refractivity contribution >= 4 is 39.0 Å². The molecule has 0 nitrogen and oxygen atoms in total. The first-order valence-electron chi connectivity index (χ1n) is 10.0. The Hall–Kier alpha value is -1.80. The van der Waals surface area contributed by atoms with Crippen molar-refractivity contribution in [3.63, 3.8) is 0 Å². The molecule has 0 N–H and O–H groups in total. The Morgan fingerprint density at radius 2 is 0.714 bits per heavy atom. The summed E-state index contributed by atoms with van der Waals surface area (Å²) in [6.07, 6.45) is 0. The number of hydrogen-bond donors (Lipinski definition) is 0. The molecule has 28 heavy (non-hydrogen) atoms. The zero-order valence-electron chi connectivity index (χ0n) is 18.4. The predicted molar refractivity (Wildman–Crippen MR) is 130 cm³/mol. The molecule has 0 aliphatic carbocycles. The Balaban J connectivity index is 2.45. The first kappa shape index (κ1) is 20.9. The average molecular weight is 433 g/mol. The second-order valence-electron chi connectivity index (χ2n) is 8.51. The lowest BCUT2D eigenvalue weighted by Crippen LogP contribution is -2.57. The fourth-order valence-corrected chi connectivity index (χ4v) is 5.79. The van der Waals surface area contributed by atoms with E-state index in [1.165, 1.54) is 60.9 Å². The topological polar surface area (TPSA) is 0 Å². The minimum atomic E-state index is 0.245. The van der Waals surface area contributed by atoms with Crippen LogP contribution in [0.2, 0.25) is 0 Å². The number of halogens is 1. The van der Waals surface area contributed by atoms with E-state index < -0.39 is 0 Å². The summed E-state index contributed by atoms with van der Waals surface area (Å²) in [5.74, 6) is 0. The largest absolute Gasteiger partial charge is 0.243 e. The van der Waals surface area contributed by atoms with Gasteiger partial charge in [-0.05, 0) is 67.5 Å². The van der Waals surface area contributed by atoms with E-state index in [-0.39, 0.29) is 6.71 Å². The normalized spacial score (nSPS) is 11.0. The van der Waals surface area contributed by atoms with Gasteiger partial charge in [0.2, 0.25) is 6.71 Å². The summed E-state index contributed by atoms with van der Waals surface area (Å²) in [7, 11) is 0. The van der Waals surface area contributed by atoms with E-state index in [1.54, 1.807) is 0 Å². The van der Waals surface area contributed by atoms with Gasteiger partial charge in [-0.2, -0.15) is 0 Å². The molecule has 0 amide bonds. The summed E-state index contributed by atoms with van der Waals surface area (Å²) in [5.41, 5.74) is 15.2. The number of rotatable bonds is 3. The summed E-state index contributed by atoms with van der Waals surface area (Å²) >= 11 is 3.69. The van der Waals surface area contributed by atoms with Gasteiger partial charge in [0, 0.05) is 4.47 Å². The van der Waals surface area contributed by atoms with Crippen LogP contribution >= 0.6 is 15.9 Å². The van der Waals surface area contributed by atoms with Crippen LogP contribution in [-0.4, -0.2) is 6.71 Å². The Morgan fingerprint density at radius 3 is 1.00 bits per heavy atom. The smallest absolute Gasteiger partial charge is 0.0629 e. The number of benzene rings is 3. The van der Waals surface area contributed by atoms with E-state index in [2.05, 4.69) is 108 Å². The fourth-order valence-electron chi connectivity index (χ4n) is 5.10. The molecule has 0 spiro atoms. The molecular formula is C26H30BBr. The molecule has 144 valence electrons. The Morgan fingerprint density at radius 1 is 0.464 bits per heavy atom. The highest BCUT2D eigenvalue weighted by atomic mass is 79.9. The molecule has 0 aliphatic rings. The van der Waals surface area contributed by atoms with Crippen LogP contribution < -0.4 is 16.4 Å². The third-order valence-corrected chi connectivity index (χ3v) is 6.36. The quantitative estimate of drug-likeness (QED) is 0.484. The van der Waals surface area contributed by atoms with Crippen LogP contribution in [0.5, 0.6) is 0 Å². The van der Waals surface area contributed by atoms with Crippen LogP contribution in [0.25, 0.3) is 0 Å². The van der Waals surface area contributed by atoms with Crippen molar-refractivity contribution in [1.82, 2.24) is 0 Å². The maximum atomic E-state index is 3.69. The fraction of sp³-hybridized carbons (Fsp3) is 0.308. The van der Waals surface area contributed by atoms with Crippen LogP contribution in [0.3, 0.4) is 0 Å². The van der Waals surface area contributed by atoms with Gasteiger partial charge < -0.3 is 0 Å². The molecule has 0 radical (unpaired) electrons. The SMILES string of the molecule is Cc1cc(C)c(B(c2c(C)cc(C)cc2C)c2c(C)cc(Br)cc2C)c(C)c1. The molecule has 3 aromatic carbocycles. The van der Waals surface area contributed by atoms with Crippen molar-refractivity contribution in [3.05, 3.63) is 85.4 Å². The monoisotopic (exact) mass is 432 g/mol. The summed E-state index contributed by atoms with van der Waals surface area (Å²) in [4.78, 5) is 0. The first-order chi connectivity index (χ1) is 13.1. The Bertz CT molecular complexity index is 856. The number of aryl methyl sites for hydroxylation is 8. The zero-order valence-corrected chi connectivity index (χ0v) is 20.0. The third kappa shape index (κ3) is 3.85. The minimum Gasteiger partial charge on any atom is -0.0629 e. The summed E-state index contributed by atoms with van der Waals surface area (Å²) in [6.45, 7) is 18.2. The second-order valence-corrected chi connectivity index (χ2v) is 9.43. The van der Waals surface area contributed by atoms with Gasteiger partial charge in [0.25, 0.3) is 0 Å². The summed E-state index contributed by atoms with van der Waals surface area (Å²) in [5, 5.41) is 0. The minimum absolute atomic E-state index is 0.245. The van der Waals surface area contributed by atoms with E-state index in [4.69, 9.17) is 0 Å². The highest BCUT2D eigenvalue weighted by molar-refractivity contribution is 9.10. The highest BCUT2D eigenvalue weighted by Gasteiger charge is 2.30. The molecule has 0 unspecified atom stereocenters. The second kappa shape index (κ2) is 7.91. The molecule has 3 rings (SSSR count). The number of hydrogen-bond acceptors (Lipinski definition) is 0. The molecule has 3 aromatic rings. The van der Waals surface area contributed by atoms with Crippen LogP contribution in [0, 0.1) is 55.4 Å². The molecule has 0 saturated heterocycles. The highest BCUT2D eigenvalue weighted by Crippen LogP contribution is 2.18. The molecule has 0 atom stereocenters. The Labute approximate surface area is 179 Å². The van der Waals surface area contributed by atoms with Crippen molar-refractivity contribution in [1.29, 1.82) is 0 Å². The standard InChI is InChI=1S/C26H30BBr/c1-15-9-17(3)24(18(4)10-15)27(25-19(5)11-16(2)12-20(25)6)26-21(7)13-23(28)14-22(26)8/h9-14H,1-8H3. The summed E-state index contributed by atoms with van der Waals surface area (Å²) < 4.78 is 1.15. The van der Waals surface area contributed by atoms with Crippen LogP contribution in [0.15, 0.2) is 40.9 Å². The summed E-state index contributed by atoms with van der Waals surface area (Å²) in [6, 6.07) is 13.8. The van der Waals surface area contributed by atoms with Crippen LogP contribution in [0.4, 0.5) is 0 Å². The molecule has 0 fully saturated rings. The van der Waals surface area contributed by atoms with E-state index in [0.717, 1.165) is 4.47 Å². The lowest BCUT2D eigenvalue weighted by molar-refractivity contribution is 1.33. The van der Waals surface area contributed by atoms with Crippen LogP contribution in [-0.2, 0) is 0 Å². The Kier molecular flexibility index (Phi) is 5.91. The van der Waals surface area contributed by atoms with E-state index in [1.807, 2.05) is 0 Å². The van der Waals surface area contributed by atoms with E-state index in [9.17, 15) is 0 Å². The molecule has 2 heteroatoms. The molecule has 0 saturated carbocycles. The lowest BCUT2D eigenvalue weighted by Gasteiger charge is -2.27. The maximum absolute atomic E-state index is 3.69. The van der Waals surface area contributed by atoms with Crippen molar-refractivity contribution in [2.45, 2.75) is 55.4 Å². The van der Waals surface area contributed by atoms with Gasteiger partial charge in [-0.1, -0.05) is 101 Å². The molecule has 0 aliphatic heterocycles. The van der Waals surface area contributed by atoms with Gasteiger partial charge in [0.15, 0.2) is 0 Å². The molecule has 0 bridgehead atoms. The van der Waals surface area contributed by atoms with Gasteiger partial charge in [-0.3, -0.25) is 0 Å². The molecular weight excluding hydrogens is 403 g/mol. The van der Waals surface area contributed by atoms with Crippen LogP contribution in [0.1, 0.15) is 44.5 Å². The van der Waals surface area contributed by atoms with E-state index >= 15 is 0 Å². The lowest BCUT2D eigenvalue weighted by atomic mass is 9.33. The van der Waals surface area contributed by atoms with Gasteiger partial charge in [-0.25, -0.2) is 0 Å². The van der Waals surface area contributed by atoms with Gasteiger partial charge in [0.05, 0.1) is 0 Å². The third-order valence-electron chi connectivity index (χ3n) is 5.90. The van der Waals surface area contributed by atoms with Crippen molar-refractivity contribution in [2.24, 2.45) is 0 Å². The van der Waals surface area contributed by atoms with Crippen molar-refractivity contribution in [3.8, 4) is 0 Å². The molecule has 0 heterocycles. The first-order valence-corrected chi connectivity index (χ1v) is 10.8. The molecule has 0 aromatic heterocycles. The van der Waals surface area contributed by atoms with Gasteiger partial charge >= 0.3 is 0 Å². The van der Waals surface area contributed by atoms with E-state index in [0.29, 0.717) is 0 Å². The average Bonchev–Trinajstić information content (AvgIpc) is 2.51. The van der Waals surface area contributed by atoms with Crippen molar-refractivity contribution in [2.75, 3.05) is 0 Å². The predicted octanol–water partition coefficient (Wildman–Crippen LogP) is 5.43. The van der Waals surface area contributed by atoms with Gasteiger partial charge in [0.1, 0.15) is 0 Å². The zero-order chi connectivity index (χ0) is 20.7. The van der Waals surface area contributed by atoms with Gasteiger partial charge in [-0.15, -0.1) is 0 Å². The van der Waals surface area contributed by atoms with Crippen molar-refractivity contribution < 1.29 is 0 Å². The maximum Gasteiger partial charge on any atom is 0.243 e.